The molecule has 0 unspecified atom stereocenters. The first-order valence-electron chi connectivity index (χ1n) is 10.9. The van der Waals surface area contributed by atoms with Crippen LogP contribution < -0.4 is 10.1 Å². The molecule has 3 aromatic carbocycles. The number of benzene rings is 3. The molecule has 0 aliphatic heterocycles. The minimum atomic E-state index is -0.232. The van der Waals surface area contributed by atoms with Gasteiger partial charge in [0.1, 0.15) is 5.75 Å². The standard InChI is InChI=1S/C27H29NO4/c1-3-32-18-8-7-11-25(29)24-19-23(16-17-26(24)31-2)28-27(30)22-14-12-21(13-15-22)20-9-5-4-6-10-20/h4-6,9-10,12-17,19H,3,7-8,11,18H2,1-2H3,(H,28,30). The van der Waals surface area contributed by atoms with Crippen LogP contribution >= 0.6 is 0 Å². The van der Waals surface area contributed by atoms with E-state index in [1.54, 1.807) is 30.3 Å². The van der Waals surface area contributed by atoms with Crippen LogP contribution in [0.2, 0.25) is 0 Å². The van der Waals surface area contributed by atoms with Crippen LogP contribution in [-0.2, 0) is 4.74 Å². The van der Waals surface area contributed by atoms with Gasteiger partial charge in [-0.05, 0) is 61.2 Å². The molecule has 1 N–H and O–H groups in total. The Labute approximate surface area is 189 Å². The highest BCUT2D eigenvalue weighted by molar-refractivity contribution is 6.06. The molecule has 0 saturated heterocycles. The Bertz CT molecular complexity index is 1030. The molecule has 0 fully saturated rings. The maximum atomic E-state index is 12.7. The zero-order valence-electron chi connectivity index (χ0n) is 18.6. The SMILES string of the molecule is CCOCCCCC(=O)c1cc(NC(=O)c2ccc(-c3ccccc3)cc2)ccc1OC. The van der Waals surface area contributed by atoms with Gasteiger partial charge in [0.05, 0.1) is 12.7 Å². The van der Waals surface area contributed by atoms with Crippen molar-refractivity contribution < 1.29 is 19.1 Å². The lowest BCUT2D eigenvalue weighted by Crippen LogP contribution is -2.13. The van der Waals surface area contributed by atoms with Gasteiger partial charge in [0.25, 0.3) is 5.91 Å². The van der Waals surface area contributed by atoms with E-state index in [-0.39, 0.29) is 11.7 Å². The summed E-state index contributed by atoms with van der Waals surface area (Å²) in [6, 6.07) is 22.6. The molecule has 3 rings (SSSR count). The molecule has 0 heterocycles. The van der Waals surface area contributed by atoms with Gasteiger partial charge in [-0.15, -0.1) is 0 Å². The van der Waals surface area contributed by atoms with Gasteiger partial charge in [-0.25, -0.2) is 0 Å². The number of methoxy groups -OCH3 is 1. The summed E-state index contributed by atoms with van der Waals surface area (Å²) in [5.41, 5.74) is 3.72. The maximum Gasteiger partial charge on any atom is 0.255 e. The van der Waals surface area contributed by atoms with Crippen molar-refractivity contribution in [1.29, 1.82) is 0 Å². The molecular formula is C27H29NO4. The van der Waals surface area contributed by atoms with Crippen molar-refractivity contribution in [1.82, 2.24) is 0 Å². The number of anilines is 1. The van der Waals surface area contributed by atoms with E-state index in [0.717, 1.165) is 24.0 Å². The van der Waals surface area contributed by atoms with Crippen molar-refractivity contribution in [3.8, 4) is 16.9 Å². The lowest BCUT2D eigenvalue weighted by atomic mass is 10.0. The van der Waals surface area contributed by atoms with E-state index in [9.17, 15) is 9.59 Å². The zero-order valence-corrected chi connectivity index (χ0v) is 18.6. The summed E-state index contributed by atoms with van der Waals surface area (Å²) in [6.45, 7) is 3.28. The van der Waals surface area contributed by atoms with Gasteiger partial charge < -0.3 is 14.8 Å². The molecule has 0 aliphatic carbocycles. The summed E-state index contributed by atoms with van der Waals surface area (Å²) < 4.78 is 10.7. The Morgan fingerprint density at radius 3 is 2.28 bits per heavy atom. The van der Waals surface area contributed by atoms with Gasteiger partial charge in [0.15, 0.2) is 5.78 Å². The van der Waals surface area contributed by atoms with Crippen molar-refractivity contribution >= 4 is 17.4 Å². The van der Waals surface area contributed by atoms with E-state index in [4.69, 9.17) is 9.47 Å². The van der Waals surface area contributed by atoms with Crippen LogP contribution in [0.1, 0.15) is 46.9 Å². The first-order valence-corrected chi connectivity index (χ1v) is 10.9. The Kier molecular flexibility index (Phi) is 8.58. The highest BCUT2D eigenvalue weighted by Gasteiger charge is 2.15. The number of carbonyl (C=O) groups is 2. The van der Waals surface area contributed by atoms with Crippen LogP contribution in [0.15, 0.2) is 72.8 Å². The molecule has 0 radical (unpaired) electrons. The van der Waals surface area contributed by atoms with Gasteiger partial charge >= 0.3 is 0 Å². The van der Waals surface area contributed by atoms with E-state index >= 15 is 0 Å². The lowest BCUT2D eigenvalue weighted by Gasteiger charge is -2.12. The van der Waals surface area contributed by atoms with E-state index in [0.29, 0.717) is 42.2 Å². The molecule has 0 atom stereocenters. The first-order chi connectivity index (χ1) is 15.6. The number of rotatable bonds is 11. The third-order valence-electron chi connectivity index (χ3n) is 5.16. The second kappa shape index (κ2) is 11.8. The summed E-state index contributed by atoms with van der Waals surface area (Å²) in [7, 11) is 1.54. The highest BCUT2D eigenvalue weighted by atomic mass is 16.5. The van der Waals surface area contributed by atoms with Crippen LogP contribution in [-0.4, -0.2) is 32.0 Å². The third kappa shape index (κ3) is 6.28. The zero-order chi connectivity index (χ0) is 22.8. The van der Waals surface area contributed by atoms with E-state index < -0.39 is 0 Å². The summed E-state index contributed by atoms with van der Waals surface area (Å²) >= 11 is 0. The number of ether oxygens (including phenoxy) is 2. The third-order valence-corrected chi connectivity index (χ3v) is 5.16. The highest BCUT2D eigenvalue weighted by Crippen LogP contribution is 2.25. The topological polar surface area (TPSA) is 64.6 Å². The number of ketones is 1. The molecule has 32 heavy (non-hydrogen) atoms. The number of hydrogen-bond donors (Lipinski definition) is 1. The second-order valence-electron chi connectivity index (χ2n) is 7.39. The molecule has 0 spiro atoms. The number of Topliss-reactive ketones (excluding diaryl/α,β-unsaturated/α-hetero) is 1. The largest absolute Gasteiger partial charge is 0.496 e. The van der Waals surface area contributed by atoms with Crippen molar-refractivity contribution in [2.75, 3.05) is 25.6 Å². The minimum Gasteiger partial charge on any atom is -0.496 e. The Hall–Kier alpha value is -3.44. The quantitative estimate of drug-likeness (QED) is 0.299. The molecular weight excluding hydrogens is 402 g/mol. The maximum absolute atomic E-state index is 12.7. The molecule has 0 bridgehead atoms. The number of nitrogens with one attached hydrogen (secondary N) is 1. The predicted octanol–water partition coefficient (Wildman–Crippen LogP) is 6.00. The van der Waals surface area contributed by atoms with Crippen LogP contribution in [0.5, 0.6) is 5.75 Å². The first kappa shape index (κ1) is 23.2. The number of hydrogen-bond acceptors (Lipinski definition) is 4. The van der Waals surface area contributed by atoms with E-state index in [1.165, 1.54) is 7.11 Å². The van der Waals surface area contributed by atoms with Crippen molar-refractivity contribution in [2.45, 2.75) is 26.2 Å². The molecule has 0 saturated carbocycles. The second-order valence-corrected chi connectivity index (χ2v) is 7.39. The molecule has 5 nitrogen and oxygen atoms in total. The van der Waals surface area contributed by atoms with Crippen molar-refractivity contribution in [3.05, 3.63) is 83.9 Å². The van der Waals surface area contributed by atoms with Crippen LogP contribution in [0.3, 0.4) is 0 Å². The van der Waals surface area contributed by atoms with Crippen LogP contribution in [0.25, 0.3) is 11.1 Å². The number of amides is 1. The van der Waals surface area contributed by atoms with E-state index in [2.05, 4.69) is 5.32 Å². The number of unbranched alkanes of at least 4 members (excludes halogenated alkanes) is 1. The average molecular weight is 432 g/mol. The molecule has 1 amide bonds. The summed E-state index contributed by atoms with van der Waals surface area (Å²) in [4.78, 5) is 25.4. The summed E-state index contributed by atoms with van der Waals surface area (Å²) in [5, 5.41) is 2.88. The smallest absolute Gasteiger partial charge is 0.255 e. The van der Waals surface area contributed by atoms with Crippen molar-refractivity contribution in [3.63, 3.8) is 0 Å². The monoisotopic (exact) mass is 431 g/mol. The normalized spacial score (nSPS) is 10.6. The van der Waals surface area contributed by atoms with Gasteiger partial charge in [-0.1, -0.05) is 42.5 Å². The fourth-order valence-electron chi connectivity index (χ4n) is 3.42. The van der Waals surface area contributed by atoms with Crippen LogP contribution in [0.4, 0.5) is 5.69 Å². The molecule has 5 heteroatoms. The Morgan fingerprint density at radius 2 is 1.59 bits per heavy atom. The molecule has 166 valence electrons. The summed E-state index contributed by atoms with van der Waals surface area (Å²) in [5.74, 6) is 0.261. The molecule has 3 aromatic rings. The molecule has 0 aliphatic rings. The minimum absolute atomic E-state index is 0.0124. The van der Waals surface area contributed by atoms with E-state index in [1.807, 2.05) is 49.4 Å². The van der Waals surface area contributed by atoms with Crippen molar-refractivity contribution in [2.24, 2.45) is 0 Å². The average Bonchev–Trinajstić information content (AvgIpc) is 2.84. The van der Waals surface area contributed by atoms with Gasteiger partial charge in [0.2, 0.25) is 0 Å². The lowest BCUT2D eigenvalue weighted by molar-refractivity contribution is 0.0965. The fraction of sp³-hybridized carbons (Fsp3) is 0.259. The number of carbonyl (C=O) groups excluding carboxylic acids is 2. The van der Waals surface area contributed by atoms with Gasteiger partial charge in [-0.3, -0.25) is 9.59 Å². The van der Waals surface area contributed by atoms with Gasteiger partial charge in [0, 0.05) is 30.9 Å². The Balaban J connectivity index is 1.67. The summed E-state index contributed by atoms with van der Waals surface area (Å²) in [6.07, 6.45) is 1.98. The Morgan fingerprint density at radius 1 is 0.875 bits per heavy atom. The predicted molar refractivity (Wildman–Crippen MR) is 127 cm³/mol. The van der Waals surface area contributed by atoms with Crippen LogP contribution in [0, 0.1) is 0 Å². The van der Waals surface area contributed by atoms with Gasteiger partial charge in [-0.2, -0.15) is 0 Å². The fourth-order valence-corrected chi connectivity index (χ4v) is 3.42. The molecule has 0 aromatic heterocycles.